The monoisotopic (exact) mass is 524 g/mol. The van der Waals surface area contributed by atoms with Crippen LogP contribution in [0.2, 0.25) is 0 Å². The van der Waals surface area contributed by atoms with E-state index in [9.17, 15) is 0 Å². The van der Waals surface area contributed by atoms with Gasteiger partial charge in [-0.1, -0.05) is 60.7 Å². The zero-order valence-corrected chi connectivity index (χ0v) is 23.4. The Morgan fingerprint density at radius 3 is 1.66 bits per heavy atom. The molecular formula is C39H28N2+2. The number of hydrogen-bond acceptors (Lipinski definition) is 0. The molecule has 2 aliphatic carbocycles. The second-order valence-electron chi connectivity index (χ2n) is 12.4. The summed E-state index contributed by atoms with van der Waals surface area (Å²) < 4.78 is 5.13. The summed E-state index contributed by atoms with van der Waals surface area (Å²) in [6, 6.07) is 39.5. The van der Waals surface area contributed by atoms with Gasteiger partial charge >= 0.3 is 5.66 Å². The van der Waals surface area contributed by atoms with Crippen molar-refractivity contribution in [3.05, 3.63) is 166 Å². The lowest BCUT2D eigenvalue weighted by Gasteiger charge is -2.41. The van der Waals surface area contributed by atoms with Crippen LogP contribution in [0.5, 0.6) is 0 Å². The minimum Gasteiger partial charge on any atom is -0.126 e. The van der Waals surface area contributed by atoms with E-state index in [1.54, 1.807) is 0 Å². The van der Waals surface area contributed by atoms with E-state index in [1.807, 2.05) is 0 Å². The van der Waals surface area contributed by atoms with Crippen molar-refractivity contribution in [2.24, 2.45) is 0 Å². The number of fused-ring (bicyclic) bond motifs is 11. The van der Waals surface area contributed by atoms with Gasteiger partial charge in [-0.3, -0.25) is 0 Å². The Hall–Kier alpha value is -4.82. The molecule has 2 spiro atoms. The zero-order valence-electron chi connectivity index (χ0n) is 23.4. The van der Waals surface area contributed by atoms with Gasteiger partial charge < -0.3 is 0 Å². The minimum absolute atomic E-state index is 0.400. The number of hydrogen-bond donors (Lipinski definition) is 0. The van der Waals surface area contributed by atoms with Gasteiger partial charge in [0.05, 0.1) is 16.5 Å². The van der Waals surface area contributed by atoms with Crippen LogP contribution >= 0.6 is 0 Å². The van der Waals surface area contributed by atoms with Crippen LogP contribution in [0.25, 0.3) is 33.6 Å². The molecule has 2 nitrogen and oxygen atoms in total. The molecule has 0 radical (unpaired) electrons. The predicted molar refractivity (Wildman–Crippen MR) is 161 cm³/mol. The third kappa shape index (κ3) is 2.18. The molecule has 4 aromatic carbocycles. The van der Waals surface area contributed by atoms with Crippen molar-refractivity contribution >= 4 is 0 Å². The fraction of sp³-hybridized carbons (Fsp3) is 0.128. The van der Waals surface area contributed by atoms with Gasteiger partial charge in [0.1, 0.15) is 11.1 Å². The Bertz CT molecular complexity index is 2160. The molecule has 4 heterocycles. The maximum Gasteiger partial charge on any atom is 0.418 e. The van der Waals surface area contributed by atoms with Gasteiger partial charge in [-0.05, 0) is 89.0 Å². The number of nitrogens with zero attached hydrogens (tertiary/aromatic N) is 2. The molecule has 0 N–H and O–H groups in total. The Balaban J connectivity index is 1.54. The van der Waals surface area contributed by atoms with Crippen molar-refractivity contribution in [3.8, 4) is 33.6 Å². The lowest BCUT2D eigenvalue weighted by Crippen LogP contribution is -2.73. The van der Waals surface area contributed by atoms with E-state index in [2.05, 4.69) is 145 Å². The molecule has 10 rings (SSSR count). The minimum atomic E-state index is -0.478. The molecule has 2 heteroatoms. The first-order valence-corrected chi connectivity index (χ1v) is 14.6. The van der Waals surface area contributed by atoms with E-state index in [0.29, 0.717) is 0 Å². The van der Waals surface area contributed by atoms with E-state index >= 15 is 0 Å². The Kier molecular flexibility index (Phi) is 3.69. The van der Waals surface area contributed by atoms with Gasteiger partial charge in [-0.15, -0.1) is 9.13 Å². The number of pyridine rings is 2. The summed E-state index contributed by atoms with van der Waals surface area (Å²) in [4.78, 5) is 0. The highest BCUT2D eigenvalue weighted by Gasteiger charge is 2.73. The Labute approximate surface area is 239 Å². The molecule has 6 aromatic rings. The molecule has 1 unspecified atom stereocenters. The van der Waals surface area contributed by atoms with Gasteiger partial charge in [0.15, 0.2) is 12.4 Å². The average molecular weight is 525 g/mol. The van der Waals surface area contributed by atoms with Gasteiger partial charge in [-0.2, -0.15) is 0 Å². The van der Waals surface area contributed by atoms with Crippen LogP contribution < -0.4 is 9.13 Å². The summed E-state index contributed by atoms with van der Waals surface area (Å²) in [5.74, 6) is 0. The summed E-state index contributed by atoms with van der Waals surface area (Å²) in [5.41, 5.74) is 19.5. The van der Waals surface area contributed by atoms with Crippen LogP contribution in [0.15, 0.2) is 116 Å². The van der Waals surface area contributed by atoms with Gasteiger partial charge in [-0.25, -0.2) is 0 Å². The smallest absolute Gasteiger partial charge is 0.126 e. The van der Waals surface area contributed by atoms with Gasteiger partial charge in [0, 0.05) is 24.3 Å². The predicted octanol–water partition coefficient (Wildman–Crippen LogP) is 7.12. The van der Waals surface area contributed by atoms with Crippen LogP contribution in [-0.2, 0) is 11.1 Å². The maximum atomic E-state index is 2.57. The normalized spacial score (nSPS) is 18.4. The molecule has 192 valence electrons. The third-order valence-electron chi connectivity index (χ3n) is 10.2. The van der Waals surface area contributed by atoms with E-state index in [0.717, 1.165) is 0 Å². The van der Waals surface area contributed by atoms with Crippen molar-refractivity contribution in [1.29, 1.82) is 0 Å². The number of aryl methyl sites for hydroxylation is 3. The van der Waals surface area contributed by atoms with E-state index in [1.165, 1.54) is 83.7 Å². The molecule has 0 amide bonds. The maximum absolute atomic E-state index is 2.57. The highest BCUT2D eigenvalue weighted by molar-refractivity contribution is 5.92. The molecule has 41 heavy (non-hydrogen) atoms. The SMILES string of the molecule is Cc1cc2c3c(c1)C1(c4ccccc4-c4ccccc41)c1cc(C)cc4c1C3([n+]1ccccc1-2)[n+]1ccc(C)cc1-4. The molecule has 0 fully saturated rings. The van der Waals surface area contributed by atoms with Crippen molar-refractivity contribution in [1.82, 2.24) is 0 Å². The standard InChI is InChI=1S/C39H28N2/c1-23-15-17-41-35(22-23)29-19-25(3)21-33-37(29)39(41)36-28(34-14-8-9-16-40(34)39)18-24(2)20-32(36)38(33)30-12-6-4-10-26(30)27-11-5-7-13-31(27)38/h4-22H,1-3H3/q+2. The second-order valence-corrected chi connectivity index (χ2v) is 12.4. The number of benzene rings is 4. The van der Waals surface area contributed by atoms with E-state index < -0.39 is 11.1 Å². The quantitative estimate of drug-likeness (QED) is 0.187. The molecule has 0 bridgehead atoms. The molecule has 0 saturated heterocycles. The van der Waals surface area contributed by atoms with Crippen LogP contribution in [0.1, 0.15) is 50.1 Å². The van der Waals surface area contributed by atoms with Crippen LogP contribution in [0.3, 0.4) is 0 Å². The first-order valence-electron chi connectivity index (χ1n) is 14.6. The fourth-order valence-corrected chi connectivity index (χ4v) is 9.04. The Morgan fingerprint density at radius 2 is 1.00 bits per heavy atom. The lowest BCUT2D eigenvalue weighted by atomic mass is 9.58. The third-order valence-corrected chi connectivity index (χ3v) is 10.2. The summed E-state index contributed by atoms with van der Waals surface area (Å²) >= 11 is 0. The van der Waals surface area contributed by atoms with Gasteiger partial charge in [0.25, 0.3) is 0 Å². The second kappa shape index (κ2) is 6.90. The summed E-state index contributed by atoms with van der Waals surface area (Å²) in [7, 11) is 0. The van der Waals surface area contributed by atoms with Crippen molar-refractivity contribution in [2.75, 3.05) is 0 Å². The summed E-state index contributed by atoms with van der Waals surface area (Å²) in [6.07, 6.45) is 4.64. The van der Waals surface area contributed by atoms with E-state index in [4.69, 9.17) is 0 Å². The molecule has 2 aromatic heterocycles. The fourth-order valence-electron chi connectivity index (χ4n) is 9.04. The van der Waals surface area contributed by atoms with E-state index in [-0.39, 0.29) is 0 Å². The first-order chi connectivity index (χ1) is 20.1. The topological polar surface area (TPSA) is 7.76 Å². The highest BCUT2D eigenvalue weighted by Crippen LogP contribution is 2.65. The molecule has 1 atom stereocenters. The van der Waals surface area contributed by atoms with Crippen LogP contribution in [0, 0.1) is 20.8 Å². The highest BCUT2D eigenvalue weighted by atomic mass is 15.3. The van der Waals surface area contributed by atoms with Crippen molar-refractivity contribution < 1.29 is 9.13 Å². The molecule has 2 aliphatic heterocycles. The van der Waals surface area contributed by atoms with Crippen LogP contribution in [-0.4, -0.2) is 0 Å². The lowest BCUT2D eigenvalue weighted by molar-refractivity contribution is -0.955. The first kappa shape index (κ1) is 21.9. The largest absolute Gasteiger partial charge is 0.418 e. The summed E-state index contributed by atoms with van der Waals surface area (Å²) in [5, 5.41) is 0. The number of rotatable bonds is 0. The zero-order chi connectivity index (χ0) is 27.2. The van der Waals surface area contributed by atoms with Crippen molar-refractivity contribution in [3.63, 3.8) is 0 Å². The number of aromatic nitrogens is 2. The van der Waals surface area contributed by atoms with Crippen molar-refractivity contribution in [2.45, 2.75) is 31.8 Å². The molecular weight excluding hydrogens is 496 g/mol. The molecule has 0 saturated carbocycles. The molecule has 4 aliphatic rings. The Morgan fingerprint density at radius 1 is 0.439 bits per heavy atom. The summed E-state index contributed by atoms with van der Waals surface area (Å²) in [6.45, 7) is 6.76. The average Bonchev–Trinajstić information content (AvgIpc) is 3.56. The van der Waals surface area contributed by atoms with Crippen LogP contribution in [0.4, 0.5) is 0 Å². The van der Waals surface area contributed by atoms with Gasteiger partial charge in [0.2, 0.25) is 11.4 Å².